The van der Waals surface area contributed by atoms with Crippen LogP contribution in [0.5, 0.6) is 5.75 Å². The monoisotopic (exact) mass is 289 g/mol. The van der Waals surface area contributed by atoms with Gasteiger partial charge in [-0.05, 0) is 37.4 Å². The summed E-state index contributed by atoms with van der Waals surface area (Å²) in [5.74, 6) is 1.20. The first-order chi connectivity index (χ1) is 10.2. The average Bonchev–Trinajstić information content (AvgIpc) is 2.86. The molecule has 0 spiro atoms. The predicted octanol–water partition coefficient (Wildman–Crippen LogP) is 1.45. The smallest absolute Gasteiger partial charge is 0.220 e. The predicted molar refractivity (Wildman–Crippen MR) is 82.3 cm³/mol. The molecule has 21 heavy (non-hydrogen) atoms. The van der Waals surface area contributed by atoms with E-state index >= 15 is 0 Å². The van der Waals surface area contributed by atoms with Crippen LogP contribution in [0.2, 0.25) is 0 Å². The molecule has 0 saturated carbocycles. The van der Waals surface area contributed by atoms with Gasteiger partial charge in [-0.3, -0.25) is 4.79 Å². The van der Waals surface area contributed by atoms with Gasteiger partial charge in [-0.1, -0.05) is 12.1 Å². The Bertz CT molecular complexity index is 506. The van der Waals surface area contributed by atoms with Crippen LogP contribution in [0.15, 0.2) is 24.3 Å². The molecule has 1 aromatic carbocycles. The third kappa shape index (κ3) is 3.47. The molecule has 0 aliphatic carbocycles. The van der Waals surface area contributed by atoms with E-state index in [1.165, 1.54) is 32.5 Å². The summed E-state index contributed by atoms with van der Waals surface area (Å²) in [6.45, 7) is 3.96. The summed E-state index contributed by atoms with van der Waals surface area (Å²) >= 11 is 0. The number of rotatable bonds is 6. The number of carbonyl (C=O) groups is 1. The van der Waals surface area contributed by atoms with Crippen LogP contribution in [0.3, 0.4) is 0 Å². The third-order valence-corrected chi connectivity index (χ3v) is 4.47. The zero-order valence-electron chi connectivity index (χ0n) is 12.3. The maximum Gasteiger partial charge on any atom is 0.220 e. The maximum atomic E-state index is 10.8. The van der Waals surface area contributed by atoms with Gasteiger partial charge in [0.25, 0.3) is 0 Å². The van der Waals surface area contributed by atoms with Crippen molar-refractivity contribution >= 4 is 11.6 Å². The molecule has 2 aliphatic heterocycles. The molecule has 3 atom stereocenters. The summed E-state index contributed by atoms with van der Waals surface area (Å²) in [4.78, 5) is 13.3. The zero-order chi connectivity index (χ0) is 14.7. The van der Waals surface area contributed by atoms with E-state index in [1.807, 2.05) is 24.3 Å². The summed E-state index contributed by atoms with van der Waals surface area (Å²) in [6, 6.07) is 8.45. The van der Waals surface area contributed by atoms with E-state index in [0.29, 0.717) is 12.6 Å². The van der Waals surface area contributed by atoms with E-state index in [4.69, 9.17) is 10.5 Å². The maximum absolute atomic E-state index is 10.8. The van der Waals surface area contributed by atoms with Gasteiger partial charge in [0, 0.05) is 19.1 Å². The molecule has 2 aliphatic rings. The lowest BCUT2D eigenvalue weighted by atomic mass is 9.94. The number of nitrogens with two attached hydrogens (primary N) is 1. The van der Waals surface area contributed by atoms with Gasteiger partial charge in [-0.2, -0.15) is 0 Å². The number of piperidine rings is 1. The van der Waals surface area contributed by atoms with Crippen molar-refractivity contribution in [3.63, 3.8) is 0 Å². The number of nitrogens with one attached hydrogen (secondary N) is 1. The molecule has 2 heterocycles. The minimum atomic E-state index is -0.334. The van der Waals surface area contributed by atoms with E-state index < -0.39 is 0 Å². The number of nitrogens with zero attached hydrogens (tertiary/aromatic N) is 1. The van der Waals surface area contributed by atoms with Gasteiger partial charge < -0.3 is 20.7 Å². The van der Waals surface area contributed by atoms with E-state index in [-0.39, 0.29) is 12.3 Å². The van der Waals surface area contributed by atoms with Crippen LogP contribution in [-0.2, 0) is 4.79 Å². The molecule has 5 nitrogen and oxygen atoms in total. The molecule has 0 radical (unpaired) electrons. The van der Waals surface area contributed by atoms with Gasteiger partial charge in [0.1, 0.15) is 5.75 Å². The van der Waals surface area contributed by atoms with Crippen molar-refractivity contribution in [3.8, 4) is 5.75 Å². The molecule has 3 unspecified atom stereocenters. The third-order valence-electron chi connectivity index (χ3n) is 4.47. The summed E-state index contributed by atoms with van der Waals surface area (Å²) < 4.78 is 5.70. The van der Waals surface area contributed by atoms with Crippen LogP contribution in [0, 0.1) is 5.92 Å². The largest absolute Gasteiger partial charge is 0.491 e. The number of benzene rings is 1. The second-order valence-corrected chi connectivity index (χ2v) is 5.95. The highest BCUT2D eigenvalue weighted by atomic mass is 16.5. The first kappa shape index (κ1) is 14.2. The Morgan fingerprint density at radius 3 is 3.00 bits per heavy atom. The number of anilines is 1. The van der Waals surface area contributed by atoms with Crippen molar-refractivity contribution in [2.45, 2.75) is 25.3 Å². The first-order valence-corrected chi connectivity index (χ1v) is 7.71. The SMILES string of the molecule is NC(=O)CCOc1ccccc1NC1CCN2CCC1C2. The van der Waals surface area contributed by atoms with Crippen molar-refractivity contribution < 1.29 is 9.53 Å². The van der Waals surface area contributed by atoms with Gasteiger partial charge in [0.05, 0.1) is 18.7 Å². The molecule has 2 saturated heterocycles. The summed E-state index contributed by atoms with van der Waals surface area (Å²) in [5, 5.41) is 3.65. The standard InChI is InChI=1S/C16H23N3O2/c17-16(20)7-10-21-15-4-2-1-3-14(15)18-13-6-9-19-8-5-12(13)11-19/h1-4,12-13,18H,5-11H2,(H2,17,20). The van der Waals surface area contributed by atoms with E-state index in [2.05, 4.69) is 10.2 Å². The lowest BCUT2D eigenvalue weighted by Gasteiger charge is -2.32. The van der Waals surface area contributed by atoms with Crippen LogP contribution in [-0.4, -0.2) is 43.1 Å². The number of carbonyl (C=O) groups excluding carboxylic acids is 1. The Labute approximate surface area is 125 Å². The summed E-state index contributed by atoms with van der Waals surface area (Å²) in [5.41, 5.74) is 6.17. The summed E-state index contributed by atoms with van der Waals surface area (Å²) in [7, 11) is 0. The van der Waals surface area contributed by atoms with Gasteiger partial charge >= 0.3 is 0 Å². The molecule has 1 aromatic rings. The molecule has 3 rings (SSSR count). The number of primary amides is 1. The Morgan fingerprint density at radius 1 is 1.33 bits per heavy atom. The minimum Gasteiger partial charge on any atom is -0.491 e. The zero-order valence-corrected chi connectivity index (χ0v) is 12.3. The Morgan fingerprint density at radius 2 is 2.14 bits per heavy atom. The van der Waals surface area contributed by atoms with Crippen molar-refractivity contribution in [2.75, 3.05) is 31.6 Å². The molecule has 1 amide bonds. The van der Waals surface area contributed by atoms with Crippen LogP contribution < -0.4 is 15.8 Å². The van der Waals surface area contributed by atoms with Crippen molar-refractivity contribution in [2.24, 2.45) is 11.7 Å². The second kappa shape index (κ2) is 6.35. The molecule has 114 valence electrons. The van der Waals surface area contributed by atoms with Crippen LogP contribution in [0.25, 0.3) is 0 Å². The Kier molecular flexibility index (Phi) is 4.29. The Balaban J connectivity index is 1.63. The fourth-order valence-corrected chi connectivity index (χ4v) is 3.31. The highest BCUT2D eigenvalue weighted by molar-refractivity contribution is 5.73. The van der Waals surface area contributed by atoms with Crippen molar-refractivity contribution in [1.29, 1.82) is 0 Å². The van der Waals surface area contributed by atoms with E-state index in [9.17, 15) is 4.79 Å². The molecule has 5 heteroatoms. The molecule has 2 fully saturated rings. The fraction of sp³-hybridized carbons (Fsp3) is 0.562. The molecular weight excluding hydrogens is 266 g/mol. The lowest BCUT2D eigenvalue weighted by molar-refractivity contribution is -0.118. The molecule has 2 bridgehead atoms. The Hall–Kier alpha value is -1.75. The van der Waals surface area contributed by atoms with Crippen LogP contribution in [0.1, 0.15) is 19.3 Å². The highest BCUT2D eigenvalue weighted by Gasteiger charge is 2.34. The number of ether oxygens (including phenoxy) is 1. The molecule has 0 aromatic heterocycles. The molecule has 3 N–H and O–H groups in total. The van der Waals surface area contributed by atoms with Gasteiger partial charge in [0.2, 0.25) is 5.91 Å². The van der Waals surface area contributed by atoms with Gasteiger partial charge in [-0.25, -0.2) is 0 Å². The van der Waals surface area contributed by atoms with Crippen LogP contribution >= 0.6 is 0 Å². The number of hydrogen-bond acceptors (Lipinski definition) is 4. The highest BCUT2D eigenvalue weighted by Crippen LogP contribution is 2.32. The lowest BCUT2D eigenvalue weighted by Crippen LogP contribution is -2.39. The van der Waals surface area contributed by atoms with Crippen molar-refractivity contribution in [3.05, 3.63) is 24.3 Å². The van der Waals surface area contributed by atoms with E-state index in [1.54, 1.807) is 0 Å². The summed E-state index contributed by atoms with van der Waals surface area (Å²) in [6.07, 6.45) is 2.71. The molecular formula is C16H23N3O2. The quantitative estimate of drug-likeness (QED) is 0.831. The van der Waals surface area contributed by atoms with Gasteiger partial charge in [0.15, 0.2) is 0 Å². The second-order valence-electron chi connectivity index (χ2n) is 5.95. The average molecular weight is 289 g/mol. The number of para-hydroxylation sites is 2. The normalized spacial score (nSPS) is 27.3. The number of hydrogen-bond donors (Lipinski definition) is 2. The number of amides is 1. The van der Waals surface area contributed by atoms with Crippen LogP contribution in [0.4, 0.5) is 5.69 Å². The number of fused-ring (bicyclic) bond motifs is 2. The van der Waals surface area contributed by atoms with Gasteiger partial charge in [-0.15, -0.1) is 0 Å². The topological polar surface area (TPSA) is 67.6 Å². The minimum absolute atomic E-state index is 0.245. The fourth-order valence-electron chi connectivity index (χ4n) is 3.31. The van der Waals surface area contributed by atoms with Crippen molar-refractivity contribution in [1.82, 2.24) is 4.90 Å². The van der Waals surface area contributed by atoms with E-state index in [0.717, 1.165) is 17.4 Å². The first-order valence-electron chi connectivity index (χ1n) is 7.71.